The van der Waals surface area contributed by atoms with Crippen molar-refractivity contribution in [2.45, 2.75) is 25.1 Å². The van der Waals surface area contributed by atoms with Gasteiger partial charge < -0.3 is 0 Å². The number of hydrogen-bond donors (Lipinski definition) is 0. The van der Waals surface area contributed by atoms with Crippen molar-refractivity contribution in [2.24, 2.45) is 0 Å². The number of rotatable bonds is 3. The molecule has 11 heavy (non-hydrogen) atoms. The summed E-state index contributed by atoms with van der Waals surface area (Å²) in [4.78, 5) is 1.32. The van der Waals surface area contributed by atoms with Crippen molar-refractivity contribution in [2.75, 3.05) is 0 Å². The van der Waals surface area contributed by atoms with Crippen LogP contribution in [0.15, 0.2) is 12.1 Å². The summed E-state index contributed by atoms with van der Waals surface area (Å²) in [6, 6.07) is 3.99. The first-order valence-corrected chi connectivity index (χ1v) is 5.20. The Morgan fingerprint density at radius 2 is 2.27 bits per heavy atom. The average molecular weight is 209 g/mol. The van der Waals surface area contributed by atoms with Crippen LogP contribution in [0.4, 0.5) is 0 Å². The summed E-state index contributed by atoms with van der Waals surface area (Å²) >= 11 is 13.2. The van der Waals surface area contributed by atoms with E-state index < -0.39 is 0 Å². The van der Waals surface area contributed by atoms with Gasteiger partial charge in [0.2, 0.25) is 0 Å². The molecular formula is C8H10Cl2S. The average Bonchev–Trinajstić information content (AvgIpc) is 2.31. The molecule has 62 valence electrons. The number of halogens is 2. The second-order valence-electron chi connectivity index (χ2n) is 2.53. The highest BCUT2D eigenvalue weighted by atomic mass is 35.5. The molecule has 1 aromatic rings. The van der Waals surface area contributed by atoms with Gasteiger partial charge in [-0.05, 0) is 31.9 Å². The molecule has 0 nitrogen and oxygen atoms in total. The lowest BCUT2D eigenvalue weighted by Crippen LogP contribution is -1.91. The van der Waals surface area contributed by atoms with E-state index in [9.17, 15) is 0 Å². The van der Waals surface area contributed by atoms with Gasteiger partial charge >= 0.3 is 0 Å². The van der Waals surface area contributed by atoms with Gasteiger partial charge in [0.1, 0.15) is 0 Å². The first kappa shape index (κ1) is 9.37. The maximum absolute atomic E-state index is 5.81. The summed E-state index contributed by atoms with van der Waals surface area (Å²) in [5.41, 5.74) is 0. The Morgan fingerprint density at radius 1 is 1.55 bits per heavy atom. The van der Waals surface area contributed by atoms with E-state index in [0.29, 0.717) is 0 Å². The van der Waals surface area contributed by atoms with Crippen LogP contribution < -0.4 is 0 Å². The van der Waals surface area contributed by atoms with Crippen molar-refractivity contribution < 1.29 is 0 Å². The normalized spacial score (nSPS) is 13.4. The first-order chi connectivity index (χ1) is 5.18. The molecule has 1 unspecified atom stereocenters. The first-order valence-electron chi connectivity index (χ1n) is 3.57. The zero-order chi connectivity index (χ0) is 8.27. The Kier molecular flexibility index (Phi) is 3.70. The third kappa shape index (κ3) is 3.46. The van der Waals surface area contributed by atoms with Gasteiger partial charge in [-0.15, -0.1) is 22.9 Å². The molecule has 1 rings (SSSR count). The molecule has 3 heteroatoms. The summed E-state index contributed by atoms with van der Waals surface area (Å²) in [5, 5.41) is 0.260. The molecule has 0 aromatic carbocycles. The molecule has 1 aromatic heterocycles. The standard InChI is InChI=1S/C8H10Cl2S/c1-6(9)2-3-7-4-5-8(10)11-7/h4-6H,2-3H2,1H3. The topological polar surface area (TPSA) is 0 Å². The minimum absolute atomic E-state index is 0.260. The quantitative estimate of drug-likeness (QED) is 0.661. The maximum atomic E-state index is 5.81. The van der Waals surface area contributed by atoms with Crippen LogP contribution in [0.2, 0.25) is 4.34 Å². The van der Waals surface area contributed by atoms with E-state index in [1.165, 1.54) is 4.88 Å². The Bertz CT molecular complexity index is 218. The van der Waals surface area contributed by atoms with Crippen molar-refractivity contribution in [1.82, 2.24) is 0 Å². The summed E-state index contributed by atoms with van der Waals surface area (Å²) in [6.45, 7) is 2.01. The van der Waals surface area contributed by atoms with Crippen LogP contribution in [0.25, 0.3) is 0 Å². The summed E-state index contributed by atoms with van der Waals surface area (Å²) < 4.78 is 0.863. The Hall–Kier alpha value is 0.280. The minimum Gasteiger partial charge on any atom is -0.128 e. The third-order valence-electron chi connectivity index (χ3n) is 1.42. The van der Waals surface area contributed by atoms with E-state index in [-0.39, 0.29) is 5.38 Å². The van der Waals surface area contributed by atoms with Crippen LogP contribution in [0, 0.1) is 0 Å². The summed E-state index contributed by atoms with van der Waals surface area (Å²) in [5.74, 6) is 0. The Balaban J connectivity index is 2.39. The summed E-state index contributed by atoms with van der Waals surface area (Å²) in [6.07, 6.45) is 2.07. The fraction of sp³-hybridized carbons (Fsp3) is 0.500. The van der Waals surface area contributed by atoms with E-state index in [1.54, 1.807) is 11.3 Å². The molecule has 0 bridgehead atoms. The Morgan fingerprint density at radius 3 is 2.73 bits per heavy atom. The molecule has 0 fully saturated rings. The summed E-state index contributed by atoms with van der Waals surface area (Å²) in [7, 11) is 0. The van der Waals surface area contributed by atoms with Gasteiger partial charge in [0.25, 0.3) is 0 Å². The van der Waals surface area contributed by atoms with E-state index in [1.807, 2.05) is 13.0 Å². The van der Waals surface area contributed by atoms with Crippen LogP contribution in [-0.2, 0) is 6.42 Å². The van der Waals surface area contributed by atoms with E-state index in [0.717, 1.165) is 17.2 Å². The number of hydrogen-bond acceptors (Lipinski definition) is 1. The van der Waals surface area contributed by atoms with Gasteiger partial charge in [-0.25, -0.2) is 0 Å². The largest absolute Gasteiger partial charge is 0.128 e. The highest BCUT2D eigenvalue weighted by Crippen LogP contribution is 2.23. The fourth-order valence-corrected chi connectivity index (χ4v) is 2.04. The third-order valence-corrected chi connectivity index (χ3v) is 2.93. The van der Waals surface area contributed by atoms with Gasteiger partial charge in [0.15, 0.2) is 0 Å². The molecule has 0 aliphatic rings. The SMILES string of the molecule is CC(Cl)CCc1ccc(Cl)s1. The van der Waals surface area contributed by atoms with Crippen LogP contribution in [0.1, 0.15) is 18.2 Å². The van der Waals surface area contributed by atoms with Crippen molar-refractivity contribution in [3.63, 3.8) is 0 Å². The molecule has 0 saturated heterocycles. The van der Waals surface area contributed by atoms with Crippen LogP contribution in [0.3, 0.4) is 0 Å². The van der Waals surface area contributed by atoms with Crippen molar-refractivity contribution >= 4 is 34.5 Å². The zero-order valence-corrected chi connectivity index (χ0v) is 8.64. The molecule has 0 spiro atoms. The lowest BCUT2D eigenvalue weighted by molar-refractivity contribution is 0.812. The van der Waals surface area contributed by atoms with Crippen molar-refractivity contribution in [3.8, 4) is 0 Å². The smallest absolute Gasteiger partial charge is 0.0931 e. The molecular weight excluding hydrogens is 199 g/mol. The van der Waals surface area contributed by atoms with Gasteiger partial charge in [-0.2, -0.15) is 0 Å². The number of thiophene rings is 1. The van der Waals surface area contributed by atoms with Crippen LogP contribution >= 0.6 is 34.5 Å². The molecule has 0 radical (unpaired) electrons. The number of aryl methyl sites for hydroxylation is 1. The van der Waals surface area contributed by atoms with E-state index in [4.69, 9.17) is 23.2 Å². The van der Waals surface area contributed by atoms with Crippen LogP contribution in [0.5, 0.6) is 0 Å². The van der Waals surface area contributed by atoms with Gasteiger partial charge in [-0.1, -0.05) is 11.6 Å². The minimum atomic E-state index is 0.260. The van der Waals surface area contributed by atoms with Gasteiger partial charge in [0, 0.05) is 10.3 Å². The van der Waals surface area contributed by atoms with Gasteiger partial charge in [-0.3, -0.25) is 0 Å². The predicted molar refractivity (Wildman–Crippen MR) is 53.0 cm³/mol. The lowest BCUT2D eigenvalue weighted by atomic mass is 10.2. The molecule has 0 aliphatic carbocycles. The highest BCUT2D eigenvalue weighted by molar-refractivity contribution is 7.16. The van der Waals surface area contributed by atoms with E-state index >= 15 is 0 Å². The monoisotopic (exact) mass is 208 g/mol. The van der Waals surface area contributed by atoms with Crippen molar-refractivity contribution in [3.05, 3.63) is 21.3 Å². The number of alkyl halides is 1. The molecule has 0 aliphatic heterocycles. The molecule has 1 atom stereocenters. The lowest BCUT2D eigenvalue weighted by Gasteiger charge is -1.98. The highest BCUT2D eigenvalue weighted by Gasteiger charge is 2.00. The van der Waals surface area contributed by atoms with Crippen LogP contribution in [-0.4, -0.2) is 5.38 Å². The molecule has 0 amide bonds. The second kappa shape index (κ2) is 4.34. The predicted octanol–water partition coefficient (Wildman–Crippen LogP) is 3.96. The second-order valence-corrected chi connectivity index (χ2v) is 5.07. The van der Waals surface area contributed by atoms with E-state index in [2.05, 4.69) is 6.07 Å². The Labute approximate surface area is 81.1 Å². The molecule has 0 N–H and O–H groups in total. The molecule has 0 saturated carbocycles. The van der Waals surface area contributed by atoms with Crippen molar-refractivity contribution in [1.29, 1.82) is 0 Å². The molecule has 1 heterocycles. The maximum Gasteiger partial charge on any atom is 0.0931 e. The fourth-order valence-electron chi connectivity index (χ4n) is 0.827. The van der Waals surface area contributed by atoms with Gasteiger partial charge in [0.05, 0.1) is 4.34 Å². The zero-order valence-electron chi connectivity index (χ0n) is 6.31.